The number of carbonyl (C=O) groups is 1. The topological polar surface area (TPSA) is 75.7 Å². The molecule has 0 fully saturated rings. The number of benzene rings is 3. The molecule has 0 atom stereocenters. The van der Waals surface area contributed by atoms with Crippen LogP contribution in [-0.4, -0.2) is 28.0 Å². The summed E-state index contributed by atoms with van der Waals surface area (Å²) in [6.07, 6.45) is 0. The highest BCUT2D eigenvalue weighted by molar-refractivity contribution is 7.92. The van der Waals surface area contributed by atoms with Gasteiger partial charge in [0.1, 0.15) is 12.3 Å². The van der Waals surface area contributed by atoms with Crippen molar-refractivity contribution in [1.29, 1.82) is 0 Å². The van der Waals surface area contributed by atoms with E-state index in [0.717, 1.165) is 21.2 Å². The van der Waals surface area contributed by atoms with Crippen LogP contribution in [0, 0.1) is 6.92 Å². The minimum absolute atomic E-state index is 0.148. The first-order valence-electron chi connectivity index (χ1n) is 9.44. The number of amides is 1. The molecule has 30 heavy (non-hydrogen) atoms. The van der Waals surface area contributed by atoms with E-state index in [1.807, 2.05) is 25.1 Å². The summed E-state index contributed by atoms with van der Waals surface area (Å²) in [5.74, 6) is 0.329. The standard InChI is InChI=1S/C23H24N2O4S/c1-18-7-6-10-22(15-18)30(27,28)25(20-8-4-3-5-9-20)17-23(26)24-16-19-11-13-21(29-2)14-12-19/h3-15H,16-17H2,1-2H3,(H,24,26). The number of hydrogen-bond acceptors (Lipinski definition) is 4. The maximum atomic E-state index is 13.3. The Morgan fingerprint density at radius 1 is 0.967 bits per heavy atom. The average molecular weight is 425 g/mol. The molecule has 3 rings (SSSR count). The largest absolute Gasteiger partial charge is 0.497 e. The van der Waals surface area contributed by atoms with Crippen LogP contribution in [0.15, 0.2) is 83.8 Å². The summed E-state index contributed by atoms with van der Waals surface area (Å²) in [5.41, 5.74) is 2.14. The molecule has 0 aliphatic rings. The van der Waals surface area contributed by atoms with Crippen LogP contribution in [0.4, 0.5) is 5.69 Å². The number of carbonyl (C=O) groups excluding carboxylic acids is 1. The van der Waals surface area contributed by atoms with Crippen LogP contribution in [-0.2, 0) is 21.4 Å². The Labute approximate surface area is 177 Å². The highest BCUT2D eigenvalue weighted by Crippen LogP contribution is 2.24. The number of para-hydroxylation sites is 1. The Hall–Kier alpha value is -3.32. The lowest BCUT2D eigenvalue weighted by Crippen LogP contribution is -2.40. The third kappa shape index (κ3) is 5.18. The number of ether oxygens (including phenoxy) is 1. The van der Waals surface area contributed by atoms with Crippen molar-refractivity contribution in [2.45, 2.75) is 18.4 Å². The summed E-state index contributed by atoms with van der Waals surface area (Å²) in [4.78, 5) is 12.8. The van der Waals surface area contributed by atoms with Gasteiger partial charge in [0.15, 0.2) is 0 Å². The molecule has 0 radical (unpaired) electrons. The van der Waals surface area contributed by atoms with E-state index in [-0.39, 0.29) is 18.0 Å². The summed E-state index contributed by atoms with van der Waals surface area (Å²) >= 11 is 0. The first-order chi connectivity index (χ1) is 14.4. The number of anilines is 1. The zero-order valence-electron chi connectivity index (χ0n) is 16.9. The van der Waals surface area contributed by atoms with E-state index in [9.17, 15) is 13.2 Å². The van der Waals surface area contributed by atoms with Gasteiger partial charge >= 0.3 is 0 Å². The highest BCUT2D eigenvalue weighted by Gasteiger charge is 2.27. The molecule has 0 aromatic heterocycles. The summed E-state index contributed by atoms with van der Waals surface area (Å²) in [5, 5.41) is 2.79. The molecule has 0 bridgehead atoms. The van der Waals surface area contributed by atoms with E-state index in [1.165, 1.54) is 6.07 Å². The van der Waals surface area contributed by atoms with E-state index in [2.05, 4.69) is 5.32 Å². The van der Waals surface area contributed by atoms with Crippen LogP contribution in [0.2, 0.25) is 0 Å². The van der Waals surface area contributed by atoms with Crippen LogP contribution >= 0.6 is 0 Å². The van der Waals surface area contributed by atoms with Crippen molar-refractivity contribution in [1.82, 2.24) is 5.32 Å². The molecule has 0 spiro atoms. The lowest BCUT2D eigenvalue weighted by atomic mass is 10.2. The molecule has 0 saturated heterocycles. The molecule has 0 aliphatic carbocycles. The molecule has 6 nitrogen and oxygen atoms in total. The quantitative estimate of drug-likeness (QED) is 0.600. The van der Waals surface area contributed by atoms with Gasteiger partial charge in [0, 0.05) is 6.54 Å². The number of rotatable bonds is 8. The van der Waals surface area contributed by atoms with Gasteiger partial charge in [-0.2, -0.15) is 0 Å². The SMILES string of the molecule is COc1ccc(CNC(=O)CN(c2ccccc2)S(=O)(=O)c2cccc(C)c2)cc1. The van der Waals surface area contributed by atoms with Crippen molar-refractivity contribution in [2.75, 3.05) is 18.0 Å². The van der Waals surface area contributed by atoms with Crippen LogP contribution < -0.4 is 14.4 Å². The Morgan fingerprint density at radius 3 is 2.30 bits per heavy atom. The number of nitrogens with one attached hydrogen (secondary N) is 1. The fourth-order valence-corrected chi connectivity index (χ4v) is 4.47. The first-order valence-corrected chi connectivity index (χ1v) is 10.9. The fourth-order valence-electron chi connectivity index (χ4n) is 2.94. The Morgan fingerprint density at radius 2 is 1.67 bits per heavy atom. The lowest BCUT2D eigenvalue weighted by molar-refractivity contribution is -0.119. The minimum Gasteiger partial charge on any atom is -0.497 e. The van der Waals surface area contributed by atoms with Gasteiger partial charge in [0.05, 0.1) is 17.7 Å². The van der Waals surface area contributed by atoms with Gasteiger partial charge in [-0.25, -0.2) is 8.42 Å². The van der Waals surface area contributed by atoms with E-state index < -0.39 is 15.9 Å². The lowest BCUT2D eigenvalue weighted by Gasteiger charge is -2.24. The average Bonchev–Trinajstić information content (AvgIpc) is 2.77. The third-order valence-electron chi connectivity index (χ3n) is 4.56. The van der Waals surface area contributed by atoms with Crippen molar-refractivity contribution < 1.29 is 17.9 Å². The number of methoxy groups -OCH3 is 1. The molecular weight excluding hydrogens is 400 g/mol. The Bertz CT molecular complexity index is 1100. The maximum Gasteiger partial charge on any atom is 0.264 e. The second-order valence-electron chi connectivity index (χ2n) is 6.79. The molecular formula is C23H24N2O4S. The van der Waals surface area contributed by atoms with Gasteiger partial charge in [-0.3, -0.25) is 9.10 Å². The van der Waals surface area contributed by atoms with Crippen LogP contribution in [0.1, 0.15) is 11.1 Å². The monoisotopic (exact) mass is 424 g/mol. The molecule has 3 aromatic rings. The summed E-state index contributed by atoms with van der Waals surface area (Å²) in [6.45, 7) is 1.79. The van der Waals surface area contributed by atoms with Gasteiger partial charge in [-0.15, -0.1) is 0 Å². The normalized spacial score (nSPS) is 11.0. The van der Waals surface area contributed by atoms with E-state index in [0.29, 0.717) is 5.69 Å². The van der Waals surface area contributed by atoms with E-state index in [4.69, 9.17) is 4.74 Å². The zero-order valence-corrected chi connectivity index (χ0v) is 17.7. The summed E-state index contributed by atoms with van der Waals surface area (Å²) in [6, 6.07) is 22.6. The maximum absolute atomic E-state index is 13.3. The summed E-state index contributed by atoms with van der Waals surface area (Å²) in [7, 11) is -2.32. The smallest absolute Gasteiger partial charge is 0.264 e. The molecule has 3 aromatic carbocycles. The molecule has 156 valence electrons. The van der Waals surface area contributed by atoms with Crippen LogP contribution in [0.3, 0.4) is 0 Å². The van der Waals surface area contributed by atoms with Crippen molar-refractivity contribution in [2.24, 2.45) is 0 Å². The zero-order chi connectivity index (χ0) is 21.6. The molecule has 7 heteroatoms. The predicted molar refractivity (Wildman–Crippen MR) is 117 cm³/mol. The molecule has 0 unspecified atom stereocenters. The second kappa shape index (κ2) is 9.45. The second-order valence-corrected chi connectivity index (χ2v) is 8.65. The van der Waals surface area contributed by atoms with Crippen LogP contribution in [0.25, 0.3) is 0 Å². The van der Waals surface area contributed by atoms with Gasteiger partial charge in [0.2, 0.25) is 5.91 Å². The van der Waals surface area contributed by atoms with Gasteiger partial charge in [-0.05, 0) is 54.4 Å². The van der Waals surface area contributed by atoms with Crippen LogP contribution in [0.5, 0.6) is 5.75 Å². The fraction of sp³-hybridized carbons (Fsp3) is 0.174. The van der Waals surface area contributed by atoms with Gasteiger partial charge in [0.25, 0.3) is 10.0 Å². The van der Waals surface area contributed by atoms with Crippen molar-refractivity contribution >= 4 is 21.6 Å². The van der Waals surface area contributed by atoms with Crippen molar-refractivity contribution in [3.05, 3.63) is 90.0 Å². The van der Waals surface area contributed by atoms with Crippen molar-refractivity contribution in [3.63, 3.8) is 0 Å². The molecule has 0 aliphatic heterocycles. The Balaban J connectivity index is 1.80. The predicted octanol–water partition coefficient (Wildman–Crippen LogP) is 3.52. The van der Waals surface area contributed by atoms with E-state index in [1.54, 1.807) is 61.7 Å². The van der Waals surface area contributed by atoms with E-state index >= 15 is 0 Å². The first kappa shape index (κ1) is 21.4. The summed E-state index contributed by atoms with van der Waals surface area (Å²) < 4.78 is 32.8. The highest BCUT2D eigenvalue weighted by atomic mass is 32.2. The number of nitrogens with zero attached hydrogens (tertiary/aromatic N) is 1. The molecule has 0 heterocycles. The number of sulfonamides is 1. The molecule has 0 saturated carbocycles. The molecule has 1 amide bonds. The minimum atomic E-state index is -3.91. The third-order valence-corrected chi connectivity index (χ3v) is 6.33. The van der Waals surface area contributed by atoms with Gasteiger partial charge in [-0.1, -0.05) is 42.5 Å². The Kier molecular flexibility index (Phi) is 6.74. The van der Waals surface area contributed by atoms with Crippen molar-refractivity contribution in [3.8, 4) is 5.75 Å². The number of hydrogen-bond donors (Lipinski definition) is 1. The number of aryl methyl sites for hydroxylation is 1. The van der Waals surface area contributed by atoms with Gasteiger partial charge < -0.3 is 10.1 Å². The molecule has 1 N–H and O–H groups in total.